The highest BCUT2D eigenvalue weighted by Crippen LogP contribution is 2.36. The number of carbonyl (C=O) groups is 2. The summed E-state index contributed by atoms with van der Waals surface area (Å²) in [5.41, 5.74) is 3.12. The highest BCUT2D eigenvalue weighted by atomic mass is 32.2. The van der Waals surface area contributed by atoms with Gasteiger partial charge in [0.05, 0.1) is 25.5 Å². The Morgan fingerprint density at radius 1 is 1.29 bits per heavy atom. The van der Waals surface area contributed by atoms with Crippen molar-refractivity contribution in [3.63, 3.8) is 0 Å². The van der Waals surface area contributed by atoms with Crippen molar-refractivity contribution in [2.24, 2.45) is 0 Å². The molecular weight excluding hydrogens is 484 g/mol. The monoisotopic (exact) mass is 514 g/mol. The van der Waals surface area contributed by atoms with Crippen LogP contribution in [0.2, 0.25) is 0 Å². The third-order valence-electron chi connectivity index (χ3n) is 5.80. The molecule has 3 heterocycles. The van der Waals surface area contributed by atoms with E-state index in [1.807, 2.05) is 36.6 Å². The topological polar surface area (TPSA) is 95.3 Å². The number of carbonyl (C=O) groups excluding carboxylic acids is 2. The predicted octanol–water partition coefficient (Wildman–Crippen LogP) is 5.13. The molecule has 3 aromatic rings. The van der Waals surface area contributed by atoms with E-state index < -0.39 is 5.97 Å². The molecule has 1 saturated heterocycles. The molecule has 0 bridgehead atoms. The lowest BCUT2D eigenvalue weighted by atomic mass is 10.0. The molecule has 1 aliphatic heterocycles. The molecule has 186 valence electrons. The van der Waals surface area contributed by atoms with Crippen molar-refractivity contribution in [2.75, 3.05) is 24.8 Å². The van der Waals surface area contributed by atoms with Crippen LogP contribution in [0.25, 0.3) is 11.1 Å². The number of amides is 1. The summed E-state index contributed by atoms with van der Waals surface area (Å²) in [7, 11) is 1.34. The zero-order valence-electron chi connectivity index (χ0n) is 20.4. The lowest BCUT2D eigenvalue weighted by molar-refractivity contribution is -0.113. The number of ether oxygens (including phenoxy) is 2. The van der Waals surface area contributed by atoms with Gasteiger partial charge in [-0.25, -0.2) is 4.79 Å². The Hall–Kier alpha value is -2.69. The molecule has 0 saturated carbocycles. The molecule has 35 heavy (non-hydrogen) atoms. The average Bonchev–Trinajstić information content (AvgIpc) is 3.59. The summed E-state index contributed by atoms with van der Waals surface area (Å²) < 4.78 is 12.9. The Morgan fingerprint density at radius 3 is 2.71 bits per heavy atom. The van der Waals surface area contributed by atoms with Crippen LogP contribution in [0.5, 0.6) is 0 Å². The van der Waals surface area contributed by atoms with Gasteiger partial charge in [-0.3, -0.25) is 4.79 Å². The number of hydrogen-bond donors (Lipinski definition) is 1. The van der Waals surface area contributed by atoms with E-state index in [4.69, 9.17) is 9.47 Å². The highest BCUT2D eigenvalue weighted by molar-refractivity contribution is 7.99. The first kappa shape index (κ1) is 25.4. The number of nitrogens with one attached hydrogen (secondary N) is 1. The fourth-order valence-electron chi connectivity index (χ4n) is 3.99. The number of methoxy groups -OCH3 is 1. The van der Waals surface area contributed by atoms with E-state index in [0.29, 0.717) is 22.3 Å². The quantitative estimate of drug-likeness (QED) is 0.312. The zero-order valence-corrected chi connectivity index (χ0v) is 22.0. The van der Waals surface area contributed by atoms with Gasteiger partial charge in [0.25, 0.3) is 0 Å². The summed E-state index contributed by atoms with van der Waals surface area (Å²) >= 11 is 2.64. The first-order chi connectivity index (χ1) is 16.9. The molecule has 1 fully saturated rings. The zero-order chi connectivity index (χ0) is 24.9. The van der Waals surface area contributed by atoms with Gasteiger partial charge in [-0.15, -0.1) is 21.5 Å². The lowest BCUT2D eigenvalue weighted by Gasteiger charge is -2.16. The van der Waals surface area contributed by atoms with Gasteiger partial charge >= 0.3 is 5.97 Å². The summed E-state index contributed by atoms with van der Waals surface area (Å²) in [6.07, 6.45) is 2.21. The fraction of sp³-hybridized carbons (Fsp3) is 0.440. The van der Waals surface area contributed by atoms with Crippen molar-refractivity contribution in [1.82, 2.24) is 14.8 Å². The van der Waals surface area contributed by atoms with Crippen LogP contribution in [-0.2, 0) is 20.8 Å². The van der Waals surface area contributed by atoms with Gasteiger partial charge in [0.15, 0.2) is 5.16 Å². The summed E-state index contributed by atoms with van der Waals surface area (Å²) in [5.74, 6) is 0.524. The molecule has 1 unspecified atom stereocenters. The fourth-order valence-corrected chi connectivity index (χ4v) is 5.72. The third-order valence-corrected chi connectivity index (χ3v) is 7.66. The largest absolute Gasteiger partial charge is 0.465 e. The van der Waals surface area contributed by atoms with Crippen LogP contribution in [0.4, 0.5) is 5.00 Å². The molecule has 1 atom stereocenters. The number of hydrogen-bond acceptors (Lipinski definition) is 8. The van der Waals surface area contributed by atoms with E-state index in [0.717, 1.165) is 42.0 Å². The molecule has 1 aromatic carbocycles. The van der Waals surface area contributed by atoms with Gasteiger partial charge in [0.2, 0.25) is 5.91 Å². The molecule has 1 aliphatic rings. The van der Waals surface area contributed by atoms with Gasteiger partial charge in [-0.05, 0) is 25.3 Å². The van der Waals surface area contributed by atoms with Gasteiger partial charge in [0, 0.05) is 23.5 Å². The first-order valence-corrected chi connectivity index (χ1v) is 13.5. The minimum atomic E-state index is -0.484. The summed E-state index contributed by atoms with van der Waals surface area (Å²) in [6.45, 7) is 7.62. The third kappa shape index (κ3) is 5.94. The molecule has 8 nitrogen and oxygen atoms in total. The van der Waals surface area contributed by atoms with Gasteiger partial charge in [-0.2, -0.15) is 0 Å². The maximum atomic E-state index is 12.9. The number of nitrogens with zero attached hydrogens (tertiary/aromatic N) is 3. The lowest BCUT2D eigenvalue weighted by Crippen LogP contribution is -2.19. The normalized spacial score (nSPS) is 15.5. The molecule has 2 aromatic heterocycles. The van der Waals surface area contributed by atoms with Crippen LogP contribution >= 0.6 is 23.1 Å². The smallest absolute Gasteiger partial charge is 0.341 e. The minimum Gasteiger partial charge on any atom is -0.465 e. The van der Waals surface area contributed by atoms with Crippen LogP contribution in [0, 0.1) is 6.92 Å². The summed E-state index contributed by atoms with van der Waals surface area (Å²) in [4.78, 5) is 25.5. The van der Waals surface area contributed by atoms with E-state index in [1.165, 1.54) is 30.2 Å². The van der Waals surface area contributed by atoms with E-state index in [1.54, 1.807) is 0 Å². The Bertz CT molecular complexity index is 1180. The second-order valence-electron chi connectivity index (χ2n) is 8.79. The Kier molecular flexibility index (Phi) is 8.25. The van der Waals surface area contributed by atoms with E-state index in [2.05, 4.69) is 33.9 Å². The number of anilines is 1. The molecule has 0 aliphatic carbocycles. The predicted molar refractivity (Wildman–Crippen MR) is 138 cm³/mol. The molecule has 1 amide bonds. The Balaban J connectivity index is 1.48. The van der Waals surface area contributed by atoms with Crippen molar-refractivity contribution < 1.29 is 19.1 Å². The Morgan fingerprint density at radius 2 is 2.06 bits per heavy atom. The summed E-state index contributed by atoms with van der Waals surface area (Å²) in [5, 5.41) is 14.6. The van der Waals surface area contributed by atoms with Crippen molar-refractivity contribution in [1.29, 1.82) is 0 Å². The van der Waals surface area contributed by atoms with E-state index in [-0.39, 0.29) is 23.7 Å². The molecule has 0 radical (unpaired) electrons. The second-order valence-corrected chi connectivity index (χ2v) is 10.6. The van der Waals surface area contributed by atoms with Crippen LogP contribution in [-0.4, -0.2) is 52.2 Å². The number of thioether (sulfide) groups is 1. The molecular formula is C25H30N4O4S2. The average molecular weight is 515 g/mol. The van der Waals surface area contributed by atoms with Gasteiger partial charge in [-0.1, -0.05) is 55.4 Å². The van der Waals surface area contributed by atoms with E-state index in [9.17, 15) is 9.59 Å². The van der Waals surface area contributed by atoms with Gasteiger partial charge in [0.1, 0.15) is 16.4 Å². The number of esters is 1. The highest BCUT2D eigenvalue weighted by Gasteiger charge is 2.24. The van der Waals surface area contributed by atoms with Crippen LogP contribution in [0.1, 0.15) is 54.4 Å². The van der Waals surface area contributed by atoms with Crippen molar-refractivity contribution in [2.45, 2.75) is 57.3 Å². The number of aromatic nitrogens is 3. The van der Waals surface area contributed by atoms with Crippen LogP contribution in [0.15, 0.2) is 34.8 Å². The molecule has 10 heteroatoms. The number of thiophene rings is 1. The van der Waals surface area contributed by atoms with Crippen molar-refractivity contribution in [3.8, 4) is 11.1 Å². The van der Waals surface area contributed by atoms with E-state index >= 15 is 0 Å². The Labute approximate surface area is 213 Å². The standard InChI is InChI=1S/C25H30N4O4S2/c1-15(2)22-27-28-25(29(22)12-18-6-5-11-33-18)35-14-20(30)26-23-21(24(31)32-4)19(13-34-23)17-9-7-16(3)8-10-17/h7-10,13,15,18H,5-6,11-12,14H2,1-4H3,(H,26,30). The molecule has 0 spiro atoms. The molecule has 4 rings (SSSR count). The second kappa shape index (κ2) is 11.4. The summed E-state index contributed by atoms with van der Waals surface area (Å²) in [6, 6.07) is 7.89. The van der Waals surface area contributed by atoms with Crippen molar-refractivity contribution in [3.05, 3.63) is 46.6 Å². The first-order valence-electron chi connectivity index (χ1n) is 11.6. The van der Waals surface area contributed by atoms with Gasteiger partial charge < -0.3 is 19.4 Å². The van der Waals surface area contributed by atoms with Crippen LogP contribution in [0.3, 0.4) is 0 Å². The molecule has 1 N–H and O–H groups in total. The number of rotatable bonds is 9. The maximum Gasteiger partial charge on any atom is 0.341 e. The van der Waals surface area contributed by atoms with Crippen molar-refractivity contribution >= 4 is 40.0 Å². The minimum absolute atomic E-state index is 0.139. The van der Waals surface area contributed by atoms with Crippen LogP contribution < -0.4 is 5.32 Å². The number of aryl methyl sites for hydroxylation is 1. The number of benzene rings is 1. The maximum absolute atomic E-state index is 12.9. The SMILES string of the molecule is COC(=O)c1c(-c2ccc(C)cc2)csc1NC(=O)CSc1nnc(C(C)C)n1CC1CCCO1.